The van der Waals surface area contributed by atoms with Crippen LogP contribution in [0.1, 0.15) is 32.1 Å². The zero-order chi connectivity index (χ0) is 14.6. The van der Waals surface area contributed by atoms with Crippen molar-refractivity contribution in [1.29, 1.82) is 0 Å². The maximum absolute atomic E-state index is 12.1. The smallest absolute Gasteiger partial charge is 0.222 e. The molecular weight excluding hydrogens is 314 g/mol. The Morgan fingerprint density at radius 3 is 2.57 bits per heavy atom. The predicted molar refractivity (Wildman–Crippen MR) is 85.0 cm³/mol. The molecule has 0 saturated carbocycles. The topological polar surface area (TPSA) is 78.5 Å². The number of carbonyl (C=O) groups is 1. The van der Waals surface area contributed by atoms with Crippen molar-refractivity contribution in [2.75, 3.05) is 32.4 Å². The van der Waals surface area contributed by atoms with Gasteiger partial charge in [0.25, 0.3) is 0 Å². The van der Waals surface area contributed by atoms with Crippen LogP contribution in [0, 0.1) is 5.92 Å². The maximum Gasteiger partial charge on any atom is 0.222 e. The number of sulfonamides is 1. The standard InChI is InChI=1S/C13H25N3O3S.ClH/c1-20(18,19)15-12-6-9-16(10-12)13(17)3-2-11-4-7-14-8-5-11;/h11-12,14-15H,2-10H2,1H3;1H. The van der Waals surface area contributed by atoms with Gasteiger partial charge in [0, 0.05) is 25.6 Å². The van der Waals surface area contributed by atoms with Crippen LogP contribution in [0.3, 0.4) is 0 Å². The molecule has 1 atom stereocenters. The molecule has 2 rings (SSSR count). The van der Waals surface area contributed by atoms with Gasteiger partial charge in [-0.05, 0) is 44.7 Å². The first kappa shape index (κ1) is 18.7. The van der Waals surface area contributed by atoms with Gasteiger partial charge >= 0.3 is 0 Å². The van der Waals surface area contributed by atoms with Gasteiger partial charge in [-0.3, -0.25) is 4.79 Å². The first-order valence-corrected chi connectivity index (χ1v) is 9.29. The Hall–Kier alpha value is -0.370. The zero-order valence-corrected chi connectivity index (χ0v) is 14.1. The van der Waals surface area contributed by atoms with Crippen molar-refractivity contribution >= 4 is 28.3 Å². The molecule has 2 aliphatic rings. The summed E-state index contributed by atoms with van der Waals surface area (Å²) in [6.45, 7) is 3.29. The second-order valence-corrected chi connectivity index (χ2v) is 7.73. The average molecular weight is 340 g/mol. The molecule has 2 N–H and O–H groups in total. The van der Waals surface area contributed by atoms with Crippen molar-refractivity contribution in [3.63, 3.8) is 0 Å². The summed E-state index contributed by atoms with van der Waals surface area (Å²) in [5.41, 5.74) is 0. The van der Waals surface area contributed by atoms with Gasteiger partial charge in [0.1, 0.15) is 0 Å². The summed E-state index contributed by atoms with van der Waals surface area (Å²) in [6, 6.07) is -0.118. The van der Waals surface area contributed by atoms with Crippen molar-refractivity contribution in [3.05, 3.63) is 0 Å². The number of hydrogen-bond donors (Lipinski definition) is 2. The molecule has 2 aliphatic heterocycles. The van der Waals surface area contributed by atoms with Crippen LogP contribution >= 0.6 is 12.4 Å². The minimum absolute atomic E-state index is 0. The van der Waals surface area contributed by atoms with E-state index in [0.717, 1.165) is 38.6 Å². The van der Waals surface area contributed by atoms with E-state index in [2.05, 4.69) is 10.0 Å². The number of hydrogen-bond acceptors (Lipinski definition) is 4. The highest BCUT2D eigenvalue weighted by atomic mass is 35.5. The summed E-state index contributed by atoms with van der Waals surface area (Å²) in [5.74, 6) is 0.828. The fraction of sp³-hybridized carbons (Fsp3) is 0.923. The monoisotopic (exact) mass is 339 g/mol. The molecule has 0 aliphatic carbocycles. The van der Waals surface area contributed by atoms with Crippen molar-refractivity contribution in [1.82, 2.24) is 14.9 Å². The highest BCUT2D eigenvalue weighted by molar-refractivity contribution is 7.88. The molecule has 2 fully saturated rings. The number of nitrogens with zero attached hydrogens (tertiary/aromatic N) is 1. The number of halogens is 1. The zero-order valence-electron chi connectivity index (χ0n) is 12.5. The van der Waals surface area contributed by atoms with Gasteiger partial charge < -0.3 is 10.2 Å². The van der Waals surface area contributed by atoms with Crippen molar-refractivity contribution < 1.29 is 13.2 Å². The van der Waals surface area contributed by atoms with E-state index in [9.17, 15) is 13.2 Å². The fourth-order valence-electron chi connectivity index (χ4n) is 3.04. The summed E-state index contributed by atoms with van der Waals surface area (Å²) in [6.07, 6.45) is 5.75. The Balaban J connectivity index is 0.00000220. The van der Waals surface area contributed by atoms with Gasteiger partial charge in [-0.15, -0.1) is 12.4 Å². The largest absolute Gasteiger partial charge is 0.341 e. The second kappa shape index (κ2) is 8.31. The number of carbonyl (C=O) groups excluding carboxylic acids is 1. The first-order chi connectivity index (χ1) is 9.44. The highest BCUT2D eigenvalue weighted by Gasteiger charge is 2.28. The quantitative estimate of drug-likeness (QED) is 0.757. The minimum Gasteiger partial charge on any atom is -0.341 e. The first-order valence-electron chi connectivity index (χ1n) is 7.40. The van der Waals surface area contributed by atoms with Crippen LogP contribution in [0.5, 0.6) is 0 Å². The number of likely N-dealkylation sites (tertiary alicyclic amines) is 1. The lowest BCUT2D eigenvalue weighted by Gasteiger charge is -2.23. The van der Waals surface area contributed by atoms with Crippen LogP contribution in [0.4, 0.5) is 0 Å². The molecule has 1 unspecified atom stereocenters. The lowest BCUT2D eigenvalue weighted by molar-refractivity contribution is -0.130. The molecule has 8 heteroatoms. The van der Waals surface area contributed by atoms with E-state index in [1.165, 1.54) is 0 Å². The van der Waals surface area contributed by atoms with E-state index >= 15 is 0 Å². The molecule has 0 aromatic carbocycles. The van der Waals surface area contributed by atoms with Gasteiger partial charge in [-0.2, -0.15) is 0 Å². The molecule has 2 saturated heterocycles. The summed E-state index contributed by atoms with van der Waals surface area (Å²) >= 11 is 0. The SMILES string of the molecule is CS(=O)(=O)NC1CCN(C(=O)CCC2CCNCC2)C1.Cl. The van der Waals surface area contributed by atoms with E-state index < -0.39 is 10.0 Å². The second-order valence-electron chi connectivity index (χ2n) is 5.95. The van der Waals surface area contributed by atoms with Crippen molar-refractivity contribution in [2.45, 2.75) is 38.1 Å². The van der Waals surface area contributed by atoms with E-state index in [0.29, 0.717) is 31.8 Å². The molecule has 124 valence electrons. The Labute approximate surface area is 133 Å². The molecule has 0 bridgehead atoms. The van der Waals surface area contributed by atoms with E-state index in [4.69, 9.17) is 0 Å². The Bertz CT molecular complexity index is 438. The predicted octanol–water partition coefficient (Wildman–Crippen LogP) is 0.338. The molecule has 1 amide bonds. The molecule has 0 aromatic rings. The Morgan fingerprint density at radius 1 is 1.29 bits per heavy atom. The van der Waals surface area contributed by atoms with Gasteiger partial charge in [0.15, 0.2) is 0 Å². The van der Waals surface area contributed by atoms with Crippen LogP contribution in [0.15, 0.2) is 0 Å². The third kappa shape index (κ3) is 6.50. The van der Waals surface area contributed by atoms with Crippen LogP contribution < -0.4 is 10.0 Å². The van der Waals surface area contributed by atoms with Crippen molar-refractivity contribution in [3.8, 4) is 0 Å². The summed E-state index contributed by atoms with van der Waals surface area (Å²) in [7, 11) is -3.18. The fourth-order valence-corrected chi connectivity index (χ4v) is 3.84. The molecule has 0 spiro atoms. The van der Waals surface area contributed by atoms with E-state index in [1.54, 1.807) is 4.90 Å². The summed E-state index contributed by atoms with van der Waals surface area (Å²) < 4.78 is 24.9. The van der Waals surface area contributed by atoms with Gasteiger partial charge in [-0.25, -0.2) is 13.1 Å². The van der Waals surface area contributed by atoms with E-state index in [1.807, 2.05) is 0 Å². The normalized spacial score (nSPS) is 23.9. The van der Waals surface area contributed by atoms with Crippen LogP contribution in [-0.4, -0.2) is 57.7 Å². The van der Waals surface area contributed by atoms with Crippen LogP contribution in [0.25, 0.3) is 0 Å². The number of piperidine rings is 1. The van der Waals surface area contributed by atoms with Gasteiger partial charge in [0.05, 0.1) is 6.26 Å². The Morgan fingerprint density at radius 2 is 1.95 bits per heavy atom. The highest BCUT2D eigenvalue weighted by Crippen LogP contribution is 2.19. The Kier molecular flexibility index (Phi) is 7.39. The third-order valence-electron chi connectivity index (χ3n) is 4.15. The van der Waals surface area contributed by atoms with Gasteiger partial charge in [-0.1, -0.05) is 0 Å². The maximum atomic E-state index is 12.1. The molecule has 0 radical (unpaired) electrons. The molecule has 2 heterocycles. The molecule has 0 aromatic heterocycles. The van der Waals surface area contributed by atoms with E-state index in [-0.39, 0.29) is 24.4 Å². The molecule has 6 nitrogen and oxygen atoms in total. The number of nitrogens with one attached hydrogen (secondary N) is 2. The summed E-state index contributed by atoms with van der Waals surface area (Å²) in [4.78, 5) is 13.9. The number of rotatable bonds is 5. The lowest BCUT2D eigenvalue weighted by atomic mass is 9.93. The minimum atomic E-state index is -3.18. The molecular formula is C13H26ClN3O3S. The van der Waals surface area contributed by atoms with Crippen molar-refractivity contribution in [2.24, 2.45) is 5.92 Å². The lowest BCUT2D eigenvalue weighted by Crippen LogP contribution is -2.38. The third-order valence-corrected chi connectivity index (χ3v) is 4.91. The molecule has 21 heavy (non-hydrogen) atoms. The van der Waals surface area contributed by atoms with Crippen LogP contribution in [0.2, 0.25) is 0 Å². The average Bonchev–Trinajstić information content (AvgIpc) is 2.83. The van der Waals surface area contributed by atoms with Crippen LogP contribution in [-0.2, 0) is 14.8 Å². The number of amides is 1. The summed E-state index contributed by atoms with van der Waals surface area (Å²) in [5, 5.41) is 3.32. The van der Waals surface area contributed by atoms with Gasteiger partial charge in [0.2, 0.25) is 15.9 Å².